The maximum Gasteiger partial charge on any atom is 0.255 e. The van der Waals surface area contributed by atoms with Gasteiger partial charge in [0.15, 0.2) is 5.75 Å². The molecule has 0 fully saturated rings. The summed E-state index contributed by atoms with van der Waals surface area (Å²) in [6.07, 6.45) is 4.31. The summed E-state index contributed by atoms with van der Waals surface area (Å²) >= 11 is 0. The van der Waals surface area contributed by atoms with Gasteiger partial charge in [0, 0.05) is 18.4 Å². The van der Waals surface area contributed by atoms with E-state index in [1.165, 1.54) is 6.20 Å². The Morgan fingerprint density at radius 3 is 3.00 bits per heavy atom. The van der Waals surface area contributed by atoms with E-state index in [0.717, 1.165) is 12.1 Å². The number of hydrogen-bond donors (Lipinski definition) is 0. The largest absolute Gasteiger partial charge is 0.482 e. The normalized spacial score (nSPS) is 12.4. The lowest BCUT2D eigenvalue weighted by Crippen LogP contribution is -2.06. The Labute approximate surface area is 105 Å². The minimum absolute atomic E-state index is 0.149. The molecular formula is C13H16FN3O. The molecule has 0 aliphatic heterocycles. The van der Waals surface area contributed by atoms with E-state index in [1.807, 2.05) is 16.9 Å². The number of nitrogens with zero attached hydrogens (tertiary/aromatic N) is 3. The highest BCUT2D eigenvalue weighted by Gasteiger charge is 2.07. The Bertz CT molecular complexity index is 512. The summed E-state index contributed by atoms with van der Waals surface area (Å²) in [6, 6.07) is 5.42. The minimum Gasteiger partial charge on any atom is -0.482 e. The van der Waals surface area contributed by atoms with E-state index in [-0.39, 0.29) is 12.4 Å². The van der Waals surface area contributed by atoms with Gasteiger partial charge in [-0.2, -0.15) is 9.49 Å². The lowest BCUT2D eigenvalue weighted by molar-refractivity contribution is 0.279. The van der Waals surface area contributed by atoms with Crippen LogP contribution in [0.2, 0.25) is 0 Å². The van der Waals surface area contributed by atoms with Crippen molar-refractivity contribution >= 4 is 0 Å². The molecule has 0 saturated carbocycles. The molecule has 96 valence electrons. The number of ether oxygens (including phenoxy) is 1. The van der Waals surface area contributed by atoms with Gasteiger partial charge in [0.05, 0.1) is 5.69 Å². The van der Waals surface area contributed by atoms with E-state index in [4.69, 9.17) is 4.74 Å². The van der Waals surface area contributed by atoms with Gasteiger partial charge in [0.25, 0.3) is 5.95 Å². The van der Waals surface area contributed by atoms with Crippen LogP contribution >= 0.6 is 0 Å². The molecule has 5 heteroatoms. The molecule has 2 aromatic heterocycles. The minimum atomic E-state index is -0.598. The molecule has 2 heterocycles. The second kappa shape index (κ2) is 5.62. The van der Waals surface area contributed by atoms with Gasteiger partial charge in [-0.25, -0.2) is 4.98 Å². The predicted octanol–water partition coefficient (Wildman–Crippen LogP) is 2.97. The standard InChI is InChI=1S/C13H16FN3O/c1-3-10(2)17-8-6-11(16-17)9-18-12-5-4-7-15-13(12)14/h4-8,10H,3,9H2,1-2H3. The molecule has 4 nitrogen and oxygen atoms in total. The Balaban J connectivity index is 1.98. The van der Waals surface area contributed by atoms with Gasteiger partial charge in [0.1, 0.15) is 6.61 Å². The smallest absolute Gasteiger partial charge is 0.255 e. The van der Waals surface area contributed by atoms with E-state index in [9.17, 15) is 4.39 Å². The van der Waals surface area contributed by atoms with E-state index < -0.39 is 5.95 Å². The monoisotopic (exact) mass is 249 g/mol. The van der Waals surface area contributed by atoms with Crippen molar-refractivity contribution in [1.82, 2.24) is 14.8 Å². The third-order valence-electron chi connectivity index (χ3n) is 2.81. The van der Waals surface area contributed by atoms with Gasteiger partial charge in [-0.15, -0.1) is 0 Å². The molecule has 0 amide bonds. The number of aromatic nitrogens is 3. The molecule has 0 spiro atoms. The van der Waals surface area contributed by atoms with Crippen LogP contribution in [-0.2, 0) is 6.61 Å². The topological polar surface area (TPSA) is 39.9 Å². The summed E-state index contributed by atoms with van der Waals surface area (Å²) in [5.74, 6) is -0.450. The average Bonchev–Trinajstić information content (AvgIpc) is 2.86. The lowest BCUT2D eigenvalue weighted by atomic mass is 10.3. The average molecular weight is 249 g/mol. The molecule has 0 N–H and O–H groups in total. The zero-order chi connectivity index (χ0) is 13.0. The maximum absolute atomic E-state index is 13.2. The van der Waals surface area contributed by atoms with Crippen LogP contribution in [0.1, 0.15) is 32.0 Å². The molecule has 0 aliphatic rings. The summed E-state index contributed by atoms with van der Waals surface area (Å²) in [4.78, 5) is 3.52. The van der Waals surface area contributed by atoms with Crippen LogP contribution in [0.4, 0.5) is 4.39 Å². The van der Waals surface area contributed by atoms with Gasteiger partial charge in [-0.1, -0.05) is 6.92 Å². The second-order valence-electron chi connectivity index (χ2n) is 4.13. The highest BCUT2D eigenvalue weighted by molar-refractivity contribution is 5.18. The molecule has 0 radical (unpaired) electrons. The fourth-order valence-corrected chi connectivity index (χ4v) is 1.52. The maximum atomic E-state index is 13.2. The van der Waals surface area contributed by atoms with E-state index in [1.54, 1.807) is 12.1 Å². The first kappa shape index (κ1) is 12.5. The van der Waals surface area contributed by atoms with Gasteiger partial charge in [-0.05, 0) is 31.5 Å². The third-order valence-corrected chi connectivity index (χ3v) is 2.81. The van der Waals surface area contributed by atoms with Crippen molar-refractivity contribution in [3.8, 4) is 5.75 Å². The van der Waals surface area contributed by atoms with Crippen molar-refractivity contribution in [1.29, 1.82) is 0 Å². The fourth-order valence-electron chi connectivity index (χ4n) is 1.52. The number of halogens is 1. The molecule has 0 aromatic carbocycles. The molecule has 1 atom stereocenters. The van der Waals surface area contributed by atoms with Crippen LogP contribution in [0.15, 0.2) is 30.6 Å². The van der Waals surface area contributed by atoms with Crippen molar-refractivity contribution in [3.05, 3.63) is 42.2 Å². The zero-order valence-corrected chi connectivity index (χ0v) is 10.5. The summed E-state index contributed by atoms with van der Waals surface area (Å²) in [7, 11) is 0. The Hall–Kier alpha value is -1.91. The summed E-state index contributed by atoms with van der Waals surface area (Å²) in [5.41, 5.74) is 0.776. The molecule has 2 rings (SSSR count). The highest BCUT2D eigenvalue weighted by Crippen LogP contribution is 2.15. The third kappa shape index (κ3) is 2.85. The lowest BCUT2D eigenvalue weighted by Gasteiger charge is -2.08. The van der Waals surface area contributed by atoms with Gasteiger partial charge < -0.3 is 4.74 Å². The quantitative estimate of drug-likeness (QED) is 0.765. The summed E-state index contributed by atoms with van der Waals surface area (Å²) in [5, 5.41) is 4.37. The first-order valence-electron chi connectivity index (χ1n) is 5.98. The zero-order valence-electron chi connectivity index (χ0n) is 10.5. The first-order chi connectivity index (χ1) is 8.70. The van der Waals surface area contributed by atoms with Crippen molar-refractivity contribution < 1.29 is 9.13 Å². The highest BCUT2D eigenvalue weighted by atomic mass is 19.1. The molecule has 0 aliphatic carbocycles. The van der Waals surface area contributed by atoms with Crippen LogP contribution in [0.25, 0.3) is 0 Å². The fraction of sp³-hybridized carbons (Fsp3) is 0.385. The Morgan fingerprint density at radius 2 is 2.28 bits per heavy atom. The van der Waals surface area contributed by atoms with Crippen molar-refractivity contribution in [2.24, 2.45) is 0 Å². The van der Waals surface area contributed by atoms with Crippen molar-refractivity contribution in [2.75, 3.05) is 0 Å². The van der Waals surface area contributed by atoms with Crippen molar-refractivity contribution in [2.45, 2.75) is 32.9 Å². The predicted molar refractivity (Wildman–Crippen MR) is 65.8 cm³/mol. The van der Waals surface area contributed by atoms with Crippen molar-refractivity contribution in [3.63, 3.8) is 0 Å². The second-order valence-corrected chi connectivity index (χ2v) is 4.13. The Kier molecular flexibility index (Phi) is 3.92. The van der Waals surface area contributed by atoms with Crippen LogP contribution < -0.4 is 4.74 Å². The molecule has 1 unspecified atom stereocenters. The van der Waals surface area contributed by atoms with E-state index in [2.05, 4.69) is 23.9 Å². The van der Waals surface area contributed by atoms with E-state index in [0.29, 0.717) is 6.04 Å². The van der Waals surface area contributed by atoms with Gasteiger partial charge in [-0.3, -0.25) is 4.68 Å². The number of rotatable bonds is 5. The number of pyridine rings is 1. The molecule has 2 aromatic rings. The van der Waals surface area contributed by atoms with Crippen LogP contribution in [0.5, 0.6) is 5.75 Å². The van der Waals surface area contributed by atoms with E-state index >= 15 is 0 Å². The Morgan fingerprint density at radius 1 is 1.44 bits per heavy atom. The number of hydrogen-bond acceptors (Lipinski definition) is 3. The van der Waals surface area contributed by atoms with Gasteiger partial charge in [0.2, 0.25) is 0 Å². The van der Waals surface area contributed by atoms with Gasteiger partial charge >= 0.3 is 0 Å². The van der Waals surface area contributed by atoms with Crippen LogP contribution in [0.3, 0.4) is 0 Å². The van der Waals surface area contributed by atoms with Crippen LogP contribution in [0, 0.1) is 5.95 Å². The molecule has 0 saturated heterocycles. The van der Waals surface area contributed by atoms with Crippen LogP contribution in [-0.4, -0.2) is 14.8 Å². The molecular weight excluding hydrogens is 233 g/mol. The molecule has 18 heavy (non-hydrogen) atoms. The summed E-state index contributed by atoms with van der Waals surface area (Å²) < 4.78 is 20.4. The SMILES string of the molecule is CCC(C)n1ccc(COc2cccnc2F)n1. The first-order valence-corrected chi connectivity index (χ1v) is 5.98. The summed E-state index contributed by atoms with van der Waals surface area (Å²) in [6.45, 7) is 4.44. The molecule has 0 bridgehead atoms.